The second kappa shape index (κ2) is 5.61. The molecular formula is C17H15NO2. The summed E-state index contributed by atoms with van der Waals surface area (Å²) in [6, 6.07) is 19.3. The summed E-state index contributed by atoms with van der Waals surface area (Å²) < 4.78 is 5.70. The van der Waals surface area contributed by atoms with E-state index in [0.29, 0.717) is 5.75 Å². The molecule has 3 nitrogen and oxygen atoms in total. The zero-order valence-corrected chi connectivity index (χ0v) is 10.9. The molecule has 3 heteroatoms. The van der Waals surface area contributed by atoms with Crippen LogP contribution < -0.4 is 10.1 Å². The van der Waals surface area contributed by atoms with E-state index in [1.165, 1.54) is 0 Å². The van der Waals surface area contributed by atoms with Crippen LogP contribution in [0.5, 0.6) is 5.75 Å². The predicted octanol–water partition coefficient (Wildman–Crippen LogP) is 2.65. The highest BCUT2D eigenvalue weighted by atomic mass is 16.5. The Balaban J connectivity index is 1.66. The monoisotopic (exact) mass is 265 g/mol. The van der Waals surface area contributed by atoms with Gasteiger partial charge in [0.25, 0.3) is 5.91 Å². The summed E-state index contributed by atoms with van der Waals surface area (Å²) in [7, 11) is 0. The Morgan fingerprint density at radius 3 is 2.25 bits per heavy atom. The number of β-lactam (4-membered cyclic amide) rings is 1. The van der Waals surface area contributed by atoms with Gasteiger partial charge in [-0.1, -0.05) is 60.7 Å². The third kappa shape index (κ3) is 2.72. The van der Waals surface area contributed by atoms with Crippen LogP contribution in [0.2, 0.25) is 0 Å². The first-order valence-electron chi connectivity index (χ1n) is 6.58. The molecule has 0 aliphatic carbocycles. The molecule has 20 heavy (non-hydrogen) atoms. The summed E-state index contributed by atoms with van der Waals surface area (Å²) in [5.74, 6) is 0.641. The molecule has 1 saturated heterocycles. The molecule has 0 spiro atoms. The topological polar surface area (TPSA) is 38.3 Å². The highest BCUT2D eigenvalue weighted by molar-refractivity contribution is 5.89. The van der Waals surface area contributed by atoms with Crippen LogP contribution in [0.3, 0.4) is 0 Å². The molecule has 3 rings (SSSR count). The molecule has 2 aromatic rings. The lowest BCUT2D eigenvalue weighted by molar-refractivity contribution is -0.138. The van der Waals surface area contributed by atoms with Gasteiger partial charge in [-0.15, -0.1) is 0 Å². The molecule has 0 saturated carbocycles. The van der Waals surface area contributed by atoms with Crippen LogP contribution in [0.15, 0.2) is 66.7 Å². The Morgan fingerprint density at radius 1 is 0.950 bits per heavy atom. The van der Waals surface area contributed by atoms with Gasteiger partial charge in [-0.25, -0.2) is 0 Å². The third-order valence-electron chi connectivity index (χ3n) is 3.20. The van der Waals surface area contributed by atoms with E-state index in [2.05, 4.69) is 5.32 Å². The molecule has 0 unspecified atom stereocenters. The SMILES string of the molecule is O=C1N[C@H](/C=C/c2ccccc2)[C@@H]1Oc1ccccc1. The van der Waals surface area contributed by atoms with Crippen LogP contribution in [0.25, 0.3) is 6.08 Å². The van der Waals surface area contributed by atoms with Crippen molar-refractivity contribution >= 4 is 12.0 Å². The molecule has 2 aromatic carbocycles. The fourth-order valence-electron chi connectivity index (χ4n) is 2.09. The quantitative estimate of drug-likeness (QED) is 0.863. The van der Waals surface area contributed by atoms with Crippen molar-refractivity contribution in [3.8, 4) is 5.75 Å². The summed E-state index contributed by atoms with van der Waals surface area (Å²) in [5.41, 5.74) is 1.10. The van der Waals surface area contributed by atoms with E-state index >= 15 is 0 Å². The van der Waals surface area contributed by atoms with Crippen LogP contribution in [-0.2, 0) is 4.79 Å². The molecule has 1 fully saturated rings. The summed E-state index contributed by atoms with van der Waals surface area (Å²) in [4.78, 5) is 11.6. The molecule has 0 radical (unpaired) electrons. The molecule has 100 valence electrons. The average Bonchev–Trinajstić information content (AvgIpc) is 2.51. The molecule has 0 bridgehead atoms. The Hall–Kier alpha value is -2.55. The Morgan fingerprint density at radius 2 is 1.60 bits per heavy atom. The zero-order valence-electron chi connectivity index (χ0n) is 10.9. The molecule has 1 aliphatic heterocycles. The number of benzene rings is 2. The maximum atomic E-state index is 11.6. The lowest BCUT2D eigenvalue weighted by atomic mass is 10.0. The van der Waals surface area contributed by atoms with Crippen LogP contribution in [0, 0.1) is 0 Å². The predicted molar refractivity (Wildman–Crippen MR) is 78.3 cm³/mol. The molecular weight excluding hydrogens is 250 g/mol. The van der Waals surface area contributed by atoms with Gasteiger partial charge >= 0.3 is 0 Å². The van der Waals surface area contributed by atoms with Crippen molar-refractivity contribution in [1.29, 1.82) is 0 Å². The van der Waals surface area contributed by atoms with Gasteiger partial charge in [0.05, 0.1) is 6.04 Å². The summed E-state index contributed by atoms with van der Waals surface area (Å²) >= 11 is 0. The van der Waals surface area contributed by atoms with Crippen molar-refractivity contribution in [2.45, 2.75) is 12.1 Å². The van der Waals surface area contributed by atoms with Crippen molar-refractivity contribution in [3.63, 3.8) is 0 Å². The molecule has 1 N–H and O–H groups in total. The van der Waals surface area contributed by atoms with Crippen LogP contribution in [0.4, 0.5) is 0 Å². The van der Waals surface area contributed by atoms with E-state index in [1.54, 1.807) is 0 Å². The van der Waals surface area contributed by atoms with Crippen molar-refractivity contribution in [3.05, 3.63) is 72.3 Å². The third-order valence-corrected chi connectivity index (χ3v) is 3.20. The van der Waals surface area contributed by atoms with Crippen molar-refractivity contribution < 1.29 is 9.53 Å². The van der Waals surface area contributed by atoms with Gasteiger partial charge in [0.1, 0.15) is 5.75 Å². The smallest absolute Gasteiger partial charge is 0.264 e. The number of nitrogens with one attached hydrogen (secondary N) is 1. The Kier molecular flexibility index (Phi) is 3.50. The van der Waals surface area contributed by atoms with E-state index < -0.39 is 6.10 Å². The zero-order chi connectivity index (χ0) is 13.8. The molecule has 1 heterocycles. The number of amides is 1. The number of carbonyl (C=O) groups excluding carboxylic acids is 1. The van der Waals surface area contributed by atoms with Gasteiger partial charge in [0.15, 0.2) is 0 Å². The summed E-state index contributed by atoms with van der Waals surface area (Å²) in [5, 5.41) is 2.83. The van der Waals surface area contributed by atoms with E-state index in [1.807, 2.05) is 72.8 Å². The lowest BCUT2D eigenvalue weighted by Gasteiger charge is -2.34. The second-order valence-electron chi connectivity index (χ2n) is 4.66. The average molecular weight is 265 g/mol. The van der Waals surface area contributed by atoms with E-state index in [-0.39, 0.29) is 11.9 Å². The summed E-state index contributed by atoms with van der Waals surface area (Å²) in [6.07, 6.45) is 3.51. The van der Waals surface area contributed by atoms with Gasteiger partial charge in [-0.05, 0) is 17.7 Å². The number of carbonyl (C=O) groups is 1. The fourth-order valence-corrected chi connectivity index (χ4v) is 2.09. The van der Waals surface area contributed by atoms with Crippen molar-refractivity contribution in [2.75, 3.05) is 0 Å². The Bertz CT molecular complexity index is 607. The molecule has 1 aliphatic rings. The van der Waals surface area contributed by atoms with Crippen LogP contribution in [-0.4, -0.2) is 18.1 Å². The van der Waals surface area contributed by atoms with E-state index in [4.69, 9.17) is 4.74 Å². The first-order chi connectivity index (χ1) is 9.83. The van der Waals surface area contributed by atoms with Gasteiger partial charge in [-0.2, -0.15) is 0 Å². The number of rotatable bonds is 4. The minimum atomic E-state index is -0.447. The maximum absolute atomic E-state index is 11.6. The van der Waals surface area contributed by atoms with Crippen molar-refractivity contribution in [2.24, 2.45) is 0 Å². The fraction of sp³-hybridized carbons (Fsp3) is 0.118. The van der Waals surface area contributed by atoms with Crippen LogP contribution in [0.1, 0.15) is 5.56 Å². The van der Waals surface area contributed by atoms with E-state index in [9.17, 15) is 4.79 Å². The highest BCUT2D eigenvalue weighted by Crippen LogP contribution is 2.18. The van der Waals surface area contributed by atoms with E-state index in [0.717, 1.165) is 5.56 Å². The number of hydrogen-bond donors (Lipinski definition) is 1. The number of ether oxygens (including phenoxy) is 1. The van der Waals surface area contributed by atoms with Crippen molar-refractivity contribution in [1.82, 2.24) is 5.32 Å². The Labute approximate surface area is 117 Å². The molecule has 2 atom stereocenters. The van der Waals surface area contributed by atoms with Gasteiger partial charge in [0, 0.05) is 0 Å². The second-order valence-corrected chi connectivity index (χ2v) is 4.66. The van der Waals surface area contributed by atoms with Gasteiger partial charge in [0.2, 0.25) is 6.10 Å². The lowest BCUT2D eigenvalue weighted by Crippen LogP contribution is -2.63. The molecule has 1 amide bonds. The normalized spacial score (nSPS) is 21.3. The standard InChI is InChI=1S/C17H15NO2/c19-17-16(20-14-9-5-2-6-10-14)15(18-17)12-11-13-7-3-1-4-8-13/h1-12,15-16H,(H,18,19)/b12-11+/t15-,16+/m1/s1. The number of para-hydroxylation sites is 1. The summed E-state index contributed by atoms with van der Waals surface area (Å²) in [6.45, 7) is 0. The van der Waals surface area contributed by atoms with Crippen LogP contribution >= 0.6 is 0 Å². The minimum absolute atomic E-state index is 0.0726. The first-order valence-corrected chi connectivity index (χ1v) is 6.58. The van der Waals surface area contributed by atoms with Gasteiger partial charge in [-0.3, -0.25) is 4.79 Å². The molecule has 0 aromatic heterocycles. The van der Waals surface area contributed by atoms with Gasteiger partial charge < -0.3 is 10.1 Å². The minimum Gasteiger partial charge on any atom is -0.478 e. The largest absolute Gasteiger partial charge is 0.478 e. The maximum Gasteiger partial charge on any atom is 0.264 e. The first kappa shape index (κ1) is 12.5. The highest BCUT2D eigenvalue weighted by Gasteiger charge is 2.39. The number of hydrogen-bond acceptors (Lipinski definition) is 2.